The van der Waals surface area contributed by atoms with Crippen molar-refractivity contribution >= 4 is 43.8 Å². The number of hydrogen-bond acceptors (Lipinski definition) is 8. The number of carbonyl (C=O) groups excluding carboxylic acids is 1. The lowest BCUT2D eigenvalue weighted by Gasteiger charge is -2.08. The Morgan fingerprint density at radius 2 is 1.83 bits per heavy atom. The first-order valence-corrected chi connectivity index (χ1v) is 10.5. The molecule has 0 radical (unpaired) electrons. The quantitative estimate of drug-likeness (QED) is 0.345. The van der Waals surface area contributed by atoms with Crippen LogP contribution >= 0.6 is 11.3 Å². The number of carbonyl (C=O) groups is 1. The van der Waals surface area contributed by atoms with E-state index in [-0.39, 0.29) is 20.8 Å². The molecule has 0 saturated heterocycles. The lowest BCUT2D eigenvalue weighted by Crippen LogP contribution is -2.13. The lowest BCUT2D eigenvalue weighted by atomic mass is 10.1. The second-order valence-electron chi connectivity index (χ2n) is 6.00. The highest BCUT2D eigenvalue weighted by Crippen LogP contribution is 2.27. The lowest BCUT2D eigenvalue weighted by molar-refractivity contribution is -0.384. The predicted molar refractivity (Wildman–Crippen MR) is 108 cm³/mol. The van der Waals surface area contributed by atoms with Crippen LogP contribution in [-0.4, -0.2) is 29.4 Å². The molecule has 0 aliphatic rings. The molecule has 1 heterocycles. The molecule has 0 spiro atoms. The van der Waals surface area contributed by atoms with E-state index in [1.54, 1.807) is 38.1 Å². The van der Waals surface area contributed by atoms with Crippen molar-refractivity contribution in [3.8, 4) is 0 Å². The van der Waals surface area contributed by atoms with E-state index in [4.69, 9.17) is 0 Å². The van der Waals surface area contributed by atoms with Gasteiger partial charge in [0, 0.05) is 17.7 Å². The van der Waals surface area contributed by atoms with Crippen molar-refractivity contribution < 1.29 is 18.1 Å². The first-order chi connectivity index (χ1) is 13.7. The molecule has 0 atom stereocenters. The van der Waals surface area contributed by atoms with Crippen LogP contribution in [0.1, 0.15) is 21.5 Å². The van der Waals surface area contributed by atoms with Crippen LogP contribution < -0.4 is 10.0 Å². The van der Waals surface area contributed by atoms with Gasteiger partial charge in [-0.2, -0.15) is 8.42 Å². The summed E-state index contributed by atoms with van der Waals surface area (Å²) < 4.78 is 27.0. The van der Waals surface area contributed by atoms with Crippen LogP contribution in [0.2, 0.25) is 0 Å². The number of nitrogens with one attached hydrogen (secondary N) is 2. The van der Waals surface area contributed by atoms with Gasteiger partial charge >= 0.3 is 0 Å². The average Bonchev–Trinajstić information content (AvgIpc) is 3.13. The third-order valence-electron chi connectivity index (χ3n) is 3.92. The number of aryl methyl sites for hydroxylation is 2. The van der Waals surface area contributed by atoms with E-state index in [2.05, 4.69) is 20.2 Å². The fourth-order valence-electron chi connectivity index (χ4n) is 2.38. The van der Waals surface area contributed by atoms with Crippen LogP contribution in [0.15, 0.2) is 46.8 Å². The molecule has 3 aromatic rings. The molecule has 1 aromatic heterocycles. The number of benzene rings is 2. The van der Waals surface area contributed by atoms with Crippen molar-refractivity contribution in [2.24, 2.45) is 0 Å². The first-order valence-electron chi connectivity index (χ1n) is 8.16. The Balaban J connectivity index is 1.81. The zero-order valence-corrected chi connectivity index (χ0v) is 16.9. The second-order valence-corrected chi connectivity index (χ2v) is 8.84. The summed E-state index contributed by atoms with van der Waals surface area (Å²) in [5.74, 6) is -0.439. The van der Waals surface area contributed by atoms with E-state index in [0.717, 1.165) is 11.6 Å². The van der Waals surface area contributed by atoms with Gasteiger partial charge in [0.1, 0.15) is 0 Å². The smallest absolute Gasteiger partial charge is 0.291 e. The molecular formula is C17H15N5O5S2. The minimum atomic E-state index is -4.15. The summed E-state index contributed by atoms with van der Waals surface area (Å²) in [5.41, 5.74) is 1.48. The highest BCUT2D eigenvalue weighted by Gasteiger charge is 2.23. The molecular weight excluding hydrogens is 418 g/mol. The number of aromatic nitrogens is 2. The Bertz CT molecular complexity index is 1210. The van der Waals surface area contributed by atoms with E-state index in [1.807, 2.05) is 0 Å². The van der Waals surface area contributed by atoms with Crippen LogP contribution in [0.4, 0.5) is 16.5 Å². The van der Waals surface area contributed by atoms with Gasteiger partial charge in [0.25, 0.3) is 26.0 Å². The first kappa shape index (κ1) is 20.4. The van der Waals surface area contributed by atoms with E-state index in [1.165, 1.54) is 12.1 Å². The number of nitro groups is 1. The molecule has 29 heavy (non-hydrogen) atoms. The third kappa shape index (κ3) is 4.55. The maximum atomic E-state index is 12.6. The number of nitro benzene ring substituents is 1. The Morgan fingerprint density at radius 3 is 2.52 bits per heavy atom. The monoisotopic (exact) mass is 433 g/mol. The second kappa shape index (κ2) is 7.93. The van der Waals surface area contributed by atoms with Gasteiger partial charge in [0.05, 0.1) is 10.6 Å². The maximum Gasteiger partial charge on any atom is 0.291 e. The standard InChI is InChI=1S/C17H15N5O5S2/c1-10-5-3-4-6-13(10)15(23)18-16-19-20-17(28-16)29(26,27)21-14-9-12(22(24)25)8-7-11(14)2/h3-9,21H,1-2H3,(H,18,19,23). The molecule has 10 nitrogen and oxygen atoms in total. The van der Waals surface area contributed by atoms with Crippen LogP contribution in [0.3, 0.4) is 0 Å². The summed E-state index contributed by atoms with van der Waals surface area (Å²) in [6.45, 7) is 3.38. The van der Waals surface area contributed by atoms with Crippen molar-refractivity contribution in [3.63, 3.8) is 0 Å². The van der Waals surface area contributed by atoms with Crippen LogP contribution in [0.5, 0.6) is 0 Å². The van der Waals surface area contributed by atoms with Crippen LogP contribution in [-0.2, 0) is 10.0 Å². The molecule has 0 saturated carbocycles. The molecule has 2 aromatic carbocycles. The summed E-state index contributed by atoms with van der Waals surface area (Å²) in [4.78, 5) is 22.6. The van der Waals surface area contributed by atoms with Gasteiger partial charge in [0.15, 0.2) is 0 Å². The third-order valence-corrected chi connectivity index (χ3v) is 6.49. The van der Waals surface area contributed by atoms with Crippen molar-refractivity contribution in [3.05, 3.63) is 69.3 Å². The summed E-state index contributed by atoms with van der Waals surface area (Å²) >= 11 is 0.666. The topological polar surface area (TPSA) is 144 Å². The Kier molecular flexibility index (Phi) is 5.57. The number of hydrogen-bond donors (Lipinski definition) is 2. The van der Waals surface area contributed by atoms with Gasteiger partial charge in [-0.3, -0.25) is 24.9 Å². The minimum absolute atomic E-state index is 0.00870. The maximum absolute atomic E-state index is 12.6. The fourth-order valence-corrected chi connectivity index (χ4v) is 4.40. The number of anilines is 2. The SMILES string of the molecule is Cc1ccc([N+](=O)[O-])cc1NS(=O)(=O)c1nnc(NC(=O)c2ccccc2C)s1. The summed E-state index contributed by atoms with van der Waals surface area (Å²) in [7, 11) is -4.15. The number of non-ortho nitro benzene ring substituents is 1. The average molecular weight is 433 g/mol. The van der Waals surface area contributed by atoms with E-state index < -0.39 is 20.9 Å². The molecule has 0 unspecified atom stereocenters. The van der Waals surface area contributed by atoms with Gasteiger partial charge in [-0.25, -0.2) is 0 Å². The van der Waals surface area contributed by atoms with Crippen LogP contribution in [0, 0.1) is 24.0 Å². The van der Waals surface area contributed by atoms with Crippen molar-refractivity contribution in [1.29, 1.82) is 0 Å². The van der Waals surface area contributed by atoms with Crippen molar-refractivity contribution in [1.82, 2.24) is 10.2 Å². The summed E-state index contributed by atoms with van der Waals surface area (Å²) in [6, 6.07) is 10.7. The van der Waals surface area contributed by atoms with Crippen molar-refractivity contribution in [2.45, 2.75) is 18.2 Å². The van der Waals surface area contributed by atoms with E-state index >= 15 is 0 Å². The minimum Gasteiger partial charge on any atom is -0.296 e. The summed E-state index contributed by atoms with van der Waals surface area (Å²) in [5, 5.41) is 20.7. The number of sulfonamides is 1. The molecule has 0 aliphatic heterocycles. The van der Waals surface area contributed by atoms with Gasteiger partial charge in [-0.05, 0) is 31.0 Å². The van der Waals surface area contributed by atoms with Gasteiger partial charge in [0.2, 0.25) is 5.13 Å². The van der Waals surface area contributed by atoms with Crippen LogP contribution in [0.25, 0.3) is 0 Å². The summed E-state index contributed by atoms with van der Waals surface area (Å²) in [6.07, 6.45) is 0. The molecule has 2 N–H and O–H groups in total. The molecule has 150 valence electrons. The zero-order valence-electron chi connectivity index (χ0n) is 15.2. The van der Waals surface area contributed by atoms with E-state index in [0.29, 0.717) is 22.5 Å². The highest BCUT2D eigenvalue weighted by atomic mass is 32.2. The predicted octanol–water partition coefficient (Wildman–Crippen LogP) is 3.12. The molecule has 12 heteroatoms. The molecule has 3 rings (SSSR count). The molecule has 0 aliphatic carbocycles. The molecule has 0 bridgehead atoms. The number of amides is 1. The number of rotatable bonds is 6. The van der Waals surface area contributed by atoms with Gasteiger partial charge in [-0.15, -0.1) is 10.2 Å². The normalized spacial score (nSPS) is 11.1. The van der Waals surface area contributed by atoms with Gasteiger partial charge < -0.3 is 0 Å². The highest BCUT2D eigenvalue weighted by molar-refractivity contribution is 7.94. The largest absolute Gasteiger partial charge is 0.296 e. The number of nitrogens with zero attached hydrogens (tertiary/aromatic N) is 3. The van der Waals surface area contributed by atoms with Gasteiger partial charge in [-0.1, -0.05) is 35.6 Å². The molecule has 1 amide bonds. The fraction of sp³-hybridized carbons (Fsp3) is 0.118. The Labute approximate surface area is 169 Å². The Morgan fingerprint density at radius 1 is 1.10 bits per heavy atom. The molecule has 0 fully saturated rings. The van der Waals surface area contributed by atoms with Crippen molar-refractivity contribution in [2.75, 3.05) is 10.0 Å². The zero-order chi connectivity index (χ0) is 21.2. The van der Waals surface area contributed by atoms with E-state index in [9.17, 15) is 23.3 Å². The Hall–Kier alpha value is -3.38.